The monoisotopic (exact) mass is 444 g/mol. The van der Waals surface area contributed by atoms with Crippen molar-refractivity contribution in [3.63, 3.8) is 0 Å². The zero-order valence-corrected chi connectivity index (χ0v) is 17.9. The van der Waals surface area contributed by atoms with E-state index >= 15 is 0 Å². The summed E-state index contributed by atoms with van der Waals surface area (Å²) in [7, 11) is 0. The lowest BCUT2D eigenvalue weighted by Gasteiger charge is -2.04. The predicted molar refractivity (Wildman–Crippen MR) is 112 cm³/mol. The molecule has 0 saturated carbocycles. The van der Waals surface area contributed by atoms with Gasteiger partial charge in [0.2, 0.25) is 5.01 Å². The van der Waals surface area contributed by atoms with Crippen molar-refractivity contribution in [3.8, 4) is 0 Å². The molecular weight excluding hydrogens is 424 g/mol. The van der Waals surface area contributed by atoms with Crippen molar-refractivity contribution in [3.05, 3.63) is 61.3 Å². The lowest BCUT2D eigenvalue weighted by molar-refractivity contribution is -0.386. The van der Waals surface area contributed by atoms with Crippen molar-refractivity contribution in [2.24, 2.45) is 0 Å². The molecule has 12 heteroatoms. The highest BCUT2D eigenvalue weighted by atomic mass is 32.1. The Hall–Kier alpha value is -3.67. The Morgan fingerprint density at radius 2 is 1.94 bits per heavy atom. The molecule has 162 valence electrons. The number of amides is 1. The Bertz CT molecular complexity index is 1120. The fourth-order valence-corrected chi connectivity index (χ4v) is 3.48. The molecular formula is C19H20N6O5S. The molecule has 2 aromatic heterocycles. The van der Waals surface area contributed by atoms with Gasteiger partial charge in [-0.1, -0.05) is 30.4 Å². The van der Waals surface area contributed by atoms with Gasteiger partial charge < -0.3 is 10.1 Å². The maximum atomic E-state index is 12.3. The lowest BCUT2D eigenvalue weighted by Crippen LogP contribution is -2.15. The predicted octanol–water partition coefficient (Wildman–Crippen LogP) is 2.82. The van der Waals surface area contributed by atoms with E-state index in [0.717, 1.165) is 23.3 Å². The first kappa shape index (κ1) is 22.0. The summed E-state index contributed by atoms with van der Waals surface area (Å²) in [4.78, 5) is 34.9. The number of ether oxygens (including phenoxy) is 1. The average Bonchev–Trinajstić information content (AvgIpc) is 3.31. The molecule has 0 aliphatic rings. The van der Waals surface area contributed by atoms with Gasteiger partial charge in [-0.3, -0.25) is 24.4 Å². The topological polar surface area (TPSA) is 142 Å². The van der Waals surface area contributed by atoms with Crippen molar-refractivity contribution in [1.29, 1.82) is 0 Å². The summed E-state index contributed by atoms with van der Waals surface area (Å²) in [5, 5.41) is 26.0. The van der Waals surface area contributed by atoms with Gasteiger partial charge in [0, 0.05) is 5.69 Å². The van der Waals surface area contributed by atoms with E-state index in [1.165, 1.54) is 18.5 Å². The number of aryl methyl sites for hydroxylation is 2. The Morgan fingerprint density at radius 3 is 2.55 bits per heavy atom. The summed E-state index contributed by atoms with van der Waals surface area (Å²) >= 11 is 1.01. The Balaban J connectivity index is 1.55. The van der Waals surface area contributed by atoms with Gasteiger partial charge in [0.05, 0.1) is 4.92 Å². The van der Waals surface area contributed by atoms with Crippen LogP contribution in [0.5, 0.6) is 0 Å². The van der Waals surface area contributed by atoms with Crippen molar-refractivity contribution in [2.75, 3.05) is 5.32 Å². The third-order valence-electron chi connectivity index (χ3n) is 4.44. The molecule has 0 radical (unpaired) electrons. The first-order chi connectivity index (χ1) is 14.8. The van der Waals surface area contributed by atoms with Gasteiger partial charge in [0.25, 0.3) is 5.91 Å². The number of hydrogen-bond donors (Lipinski definition) is 1. The van der Waals surface area contributed by atoms with Gasteiger partial charge in [-0.2, -0.15) is 5.10 Å². The van der Waals surface area contributed by atoms with Crippen molar-refractivity contribution >= 4 is 34.6 Å². The molecule has 0 fully saturated rings. The van der Waals surface area contributed by atoms with Crippen LogP contribution in [0.15, 0.2) is 24.3 Å². The number of nitrogens with one attached hydrogen (secondary N) is 1. The zero-order chi connectivity index (χ0) is 22.5. The second-order valence-electron chi connectivity index (χ2n) is 6.60. The van der Waals surface area contributed by atoms with E-state index in [1.807, 2.05) is 31.2 Å². The van der Waals surface area contributed by atoms with E-state index in [0.29, 0.717) is 10.7 Å². The molecule has 1 N–H and O–H groups in total. The highest BCUT2D eigenvalue weighted by Crippen LogP contribution is 2.22. The number of anilines is 1. The third-order valence-corrected chi connectivity index (χ3v) is 5.34. The number of nitrogens with zero attached hydrogens (tertiary/aromatic N) is 5. The van der Waals surface area contributed by atoms with Crippen molar-refractivity contribution in [2.45, 2.75) is 40.3 Å². The summed E-state index contributed by atoms with van der Waals surface area (Å²) < 4.78 is 6.36. The maximum absolute atomic E-state index is 12.3. The smallest absolute Gasteiger partial charge is 0.328 e. The molecule has 0 atom stereocenters. The number of esters is 1. The Labute approximate surface area is 181 Å². The van der Waals surface area contributed by atoms with E-state index < -0.39 is 16.8 Å². The highest BCUT2D eigenvalue weighted by Gasteiger charge is 2.23. The molecule has 0 unspecified atom stereocenters. The second-order valence-corrected chi connectivity index (χ2v) is 7.66. The first-order valence-electron chi connectivity index (χ1n) is 9.35. The van der Waals surface area contributed by atoms with Crippen molar-refractivity contribution in [1.82, 2.24) is 20.0 Å². The fraction of sp³-hybridized carbons (Fsp3) is 0.316. The Kier molecular flexibility index (Phi) is 6.70. The number of hydrogen-bond acceptors (Lipinski definition) is 9. The van der Waals surface area contributed by atoms with Crippen LogP contribution in [-0.2, 0) is 29.1 Å². The quantitative estimate of drug-likeness (QED) is 0.317. The van der Waals surface area contributed by atoms with Gasteiger partial charge in [-0.05, 0) is 38.0 Å². The molecule has 3 aromatic rings. The summed E-state index contributed by atoms with van der Waals surface area (Å²) in [5.74, 6) is -1.05. The molecule has 0 aliphatic carbocycles. The van der Waals surface area contributed by atoms with Crippen molar-refractivity contribution < 1.29 is 19.2 Å². The summed E-state index contributed by atoms with van der Waals surface area (Å²) in [5.41, 5.74) is 2.16. The summed E-state index contributed by atoms with van der Waals surface area (Å²) in [6.45, 7) is 4.61. The van der Waals surface area contributed by atoms with Gasteiger partial charge in [0.1, 0.15) is 24.5 Å². The Morgan fingerprint density at radius 1 is 1.23 bits per heavy atom. The van der Waals surface area contributed by atoms with Crippen LogP contribution in [0, 0.1) is 24.0 Å². The molecule has 31 heavy (non-hydrogen) atoms. The van der Waals surface area contributed by atoms with E-state index in [4.69, 9.17) is 4.74 Å². The normalized spacial score (nSPS) is 10.7. The van der Waals surface area contributed by atoms with E-state index in [2.05, 4.69) is 20.6 Å². The molecule has 1 amide bonds. The number of benzene rings is 1. The van der Waals surface area contributed by atoms with E-state index in [-0.39, 0.29) is 35.2 Å². The van der Waals surface area contributed by atoms with Crippen LogP contribution < -0.4 is 5.32 Å². The number of rotatable bonds is 8. The molecule has 3 rings (SSSR count). The van der Waals surface area contributed by atoms with Crippen LogP contribution in [0.3, 0.4) is 0 Å². The number of aromatic nitrogens is 4. The second kappa shape index (κ2) is 9.43. The van der Waals surface area contributed by atoms with Crippen LogP contribution in [0.4, 0.5) is 11.4 Å². The lowest BCUT2D eigenvalue weighted by atomic mass is 10.1. The molecule has 0 saturated heterocycles. The molecule has 0 aliphatic heterocycles. The number of nitro groups is 1. The standard InChI is InChI=1S/C19H20N6O5S/c1-4-13-5-7-14(8-6-13)20-18(27)19-22-21-15(31-19)10-30-16(26)9-24-12(3)17(25(28)29)11(2)23-24/h5-8H,4,9-10H2,1-3H3,(H,20,27). The zero-order valence-electron chi connectivity index (χ0n) is 17.1. The van der Waals surface area contributed by atoms with Crippen LogP contribution in [0.25, 0.3) is 0 Å². The van der Waals surface area contributed by atoms with Crippen LogP contribution in [0.1, 0.15) is 38.7 Å². The van der Waals surface area contributed by atoms with Gasteiger partial charge in [-0.15, -0.1) is 10.2 Å². The maximum Gasteiger partial charge on any atom is 0.328 e. The minimum absolute atomic E-state index is 0.128. The number of carbonyl (C=O) groups excluding carboxylic acids is 2. The largest absolute Gasteiger partial charge is 0.457 e. The van der Waals surface area contributed by atoms with Crippen LogP contribution >= 0.6 is 11.3 Å². The minimum atomic E-state index is -0.641. The molecule has 0 bridgehead atoms. The average molecular weight is 444 g/mol. The van der Waals surface area contributed by atoms with Crippen LogP contribution in [-0.4, -0.2) is 36.8 Å². The molecule has 11 nitrogen and oxygen atoms in total. The minimum Gasteiger partial charge on any atom is -0.457 e. The molecule has 0 spiro atoms. The van der Waals surface area contributed by atoms with E-state index in [1.54, 1.807) is 0 Å². The van der Waals surface area contributed by atoms with E-state index in [9.17, 15) is 19.7 Å². The van der Waals surface area contributed by atoms with Crippen LogP contribution in [0.2, 0.25) is 0 Å². The fourth-order valence-electron chi connectivity index (χ4n) is 2.83. The first-order valence-corrected chi connectivity index (χ1v) is 10.2. The summed E-state index contributed by atoms with van der Waals surface area (Å²) in [6, 6.07) is 7.48. The molecule has 2 heterocycles. The highest BCUT2D eigenvalue weighted by molar-refractivity contribution is 7.13. The SMILES string of the molecule is CCc1ccc(NC(=O)c2nnc(COC(=O)Cn3nc(C)c([N+](=O)[O-])c3C)s2)cc1. The van der Waals surface area contributed by atoms with Gasteiger partial charge in [-0.25, -0.2) is 0 Å². The summed E-state index contributed by atoms with van der Waals surface area (Å²) in [6.07, 6.45) is 0.906. The number of carbonyl (C=O) groups is 2. The van der Waals surface area contributed by atoms with Gasteiger partial charge >= 0.3 is 11.7 Å². The molecule has 1 aromatic carbocycles. The third kappa shape index (κ3) is 5.28. The van der Waals surface area contributed by atoms with Gasteiger partial charge in [0.15, 0.2) is 5.01 Å².